The van der Waals surface area contributed by atoms with Crippen LogP contribution in [0.4, 0.5) is 0 Å². The Morgan fingerprint density at radius 3 is 3.16 bits per heavy atom. The fourth-order valence-corrected chi connectivity index (χ4v) is 2.60. The lowest BCUT2D eigenvalue weighted by Crippen LogP contribution is -2.30. The molecule has 5 heteroatoms. The zero-order chi connectivity index (χ0) is 13.4. The molecular formula is C14H17N3O2. The van der Waals surface area contributed by atoms with Crippen LogP contribution in [0, 0.1) is 5.92 Å². The predicted molar refractivity (Wildman–Crippen MR) is 70.9 cm³/mol. The number of rotatable bonds is 2. The van der Waals surface area contributed by atoms with Gasteiger partial charge in [-0.2, -0.15) is 0 Å². The van der Waals surface area contributed by atoms with Gasteiger partial charge in [-0.15, -0.1) is 0 Å². The molecule has 1 aliphatic rings. The number of hydrogen-bond acceptors (Lipinski definition) is 3. The molecule has 0 saturated carbocycles. The Hall–Kier alpha value is -1.88. The second-order valence-corrected chi connectivity index (χ2v) is 5.18. The minimum Gasteiger partial charge on any atom is -0.393 e. The van der Waals surface area contributed by atoms with Crippen LogP contribution in [0.2, 0.25) is 0 Å². The molecule has 100 valence electrons. The molecule has 1 saturated heterocycles. The van der Waals surface area contributed by atoms with Gasteiger partial charge in [-0.3, -0.25) is 4.79 Å². The second kappa shape index (κ2) is 4.66. The van der Waals surface area contributed by atoms with Crippen molar-refractivity contribution in [2.24, 2.45) is 5.92 Å². The topological polar surface area (TPSA) is 57.8 Å². The molecule has 19 heavy (non-hydrogen) atoms. The molecule has 0 aliphatic carbocycles. The number of amides is 1. The monoisotopic (exact) mass is 259 g/mol. The van der Waals surface area contributed by atoms with Crippen LogP contribution < -0.4 is 0 Å². The number of nitrogens with zero attached hydrogens (tertiary/aromatic N) is 3. The van der Waals surface area contributed by atoms with E-state index in [1.54, 1.807) is 19.4 Å². The van der Waals surface area contributed by atoms with Gasteiger partial charge in [-0.25, -0.2) is 4.98 Å². The minimum absolute atomic E-state index is 0.0341. The molecule has 1 N–H and O–H groups in total. The highest BCUT2D eigenvalue weighted by Crippen LogP contribution is 2.21. The summed E-state index contributed by atoms with van der Waals surface area (Å²) in [5.74, 6) is 0.231. The highest BCUT2D eigenvalue weighted by molar-refractivity contribution is 5.95. The average molecular weight is 259 g/mol. The Morgan fingerprint density at radius 1 is 1.58 bits per heavy atom. The zero-order valence-electron chi connectivity index (χ0n) is 10.9. The summed E-state index contributed by atoms with van der Waals surface area (Å²) in [6, 6.07) is 3.66. The Bertz CT molecular complexity index is 606. The molecule has 2 atom stereocenters. The largest absolute Gasteiger partial charge is 0.393 e. The predicted octanol–water partition coefficient (Wildman–Crippen LogP) is 1.18. The van der Waals surface area contributed by atoms with Crippen LogP contribution in [0.15, 0.2) is 30.9 Å². The summed E-state index contributed by atoms with van der Waals surface area (Å²) in [4.78, 5) is 18.3. The summed E-state index contributed by atoms with van der Waals surface area (Å²) in [5.41, 5.74) is 1.59. The summed E-state index contributed by atoms with van der Waals surface area (Å²) < 4.78 is 1.87. The number of hydrogen-bond donors (Lipinski definition) is 1. The quantitative estimate of drug-likeness (QED) is 0.881. The van der Waals surface area contributed by atoms with Crippen molar-refractivity contribution < 1.29 is 9.90 Å². The van der Waals surface area contributed by atoms with Gasteiger partial charge < -0.3 is 14.4 Å². The van der Waals surface area contributed by atoms with Gasteiger partial charge in [-0.05, 0) is 25.5 Å². The van der Waals surface area contributed by atoms with Crippen molar-refractivity contribution in [2.45, 2.75) is 19.4 Å². The molecule has 1 fully saturated rings. The van der Waals surface area contributed by atoms with E-state index in [2.05, 4.69) is 4.98 Å². The van der Waals surface area contributed by atoms with Crippen LogP contribution >= 0.6 is 0 Å². The van der Waals surface area contributed by atoms with Crippen molar-refractivity contribution in [3.05, 3.63) is 36.4 Å². The number of aliphatic hydroxyl groups is 1. The lowest BCUT2D eigenvalue weighted by molar-refractivity contribution is 0.0762. The first-order chi connectivity index (χ1) is 9.15. The van der Waals surface area contributed by atoms with Crippen molar-refractivity contribution in [1.29, 1.82) is 0 Å². The first-order valence-electron chi connectivity index (χ1n) is 6.54. The molecule has 2 unspecified atom stereocenters. The van der Waals surface area contributed by atoms with Crippen molar-refractivity contribution in [2.75, 3.05) is 13.1 Å². The van der Waals surface area contributed by atoms with E-state index in [9.17, 15) is 9.90 Å². The number of aliphatic hydroxyl groups excluding tert-OH is 1. The normalized spacial score (nSPS) is 20.9. The number of likely N-dealkylation sites (tertiary alicyclic amines) is 1. The Labute approximate surface area is 111 Å². The number of carbonyl (C=O) groups is 1. The van der Waals surface area contributed by atoms with Crippen LogP contribution in [-0.4, -0.2) is 44.5 Å². The van der Waals surface area contributed by atoms with Crippen LogP contribution in [-0.2, 0) is 0 Å². The van der Waals surface area contributed by atoms with E-state index < -0.39 is 0 Å². The number of imidazole rings is 1. The van der Waals surface area contributed by atoms with Crippen LogP contribution in [0.25, 0.3) is 5.52 Å². The highest BCUT2D eigenvalue weighted by Gasteiger charge is 2.29. The molecule has 1 amide bonds. The maximum atomic E-state index is 12.4. The first kappa shape index (κ1) is 12.2. The highest BCUT2D eigenvalue weighted by atomic mass is 16.3. The van der Waals surface area contributed by atoms with E-state index in [0.717, 1.165) is 18.5 Å². The summed E-state index contributed by atoms with van der Waals surface area (Å²) in [6.45, 7) is 3.15. The van der Waals surface area contributed by atoms with E-state index in [1.165, 1.54) is 0 Å². The molecular weight excluding hydrogens is 242 g/mol. The number of carbonyl (C=O) groups excluding carboxylic acids is 1. The van der Waals surface area contributed by atoms with E-state index in [-0.39, 0.29) is 17.9 Å². The van der Waals surface area contributed by atoms with Crippen molar-refractivity contribution in [1.82, 2.24) is 14.3 Å². The summed E-state index contributed by atoms with van der Waals surface area (Å²) in [6.07, 6.45) is 5.81. The van der Waals surface area contributed by atoms with Gasteiger partial charge in [0.1, 0.15) is 0 Å². The van der Waals surface area contributed by atoms with E-state index in [4.69, 9.17) is 0 Å². The van der Waals surface area contributed by atoms with Gasteiger partial charge in [0.05, 0.1) is 24.1 Å². The van der Waals surface area contributed by atoms with Crippen LogP contribution in [0.1, 0.15) is 23.7 Å². The molecule has 2 aromatic heterocycles. The maximum absolute atomic E-state index is 12.4. The van der Waals surface area contributed by atoms with E-state index in [0.29, 0.717) is 12.1 Å². The van der Waals surface area contributed by atoms with Crippen LogP contribution in [0.3, 0.4) is 0 Å². The minimum atomic E-state index is -0.352. The fraction of sp³-hybridized carbons (Fsp3) is 0.429. The van der Waals surface area contributed by atoms with Gasteiger partial charge >= 0.3 is 0 Å². The van der Waals surface area contributed by atoms with Crippen molar-refractivity contribution in [3.63, 3.8) is 0 Å². The molecule has 5 nitrogen and oxygen atoms in total. The summed E-state index contributed by atoms with van der Waals surface area (Å²) in [5, 5.41) is 9.59. The SMILES string of the molecule is CC(O)C1CCN(C(=O)c2ccn3cncc3c2)C1. The third-order valence-corrected chi connectivity index (χ3v) is 3.86. The Kier molecular flexibility index (Phi) is 2.98. The fourth-order valence-electron chi connectivity index (χ4n) is 2.60. The lowest BCUT2D eigenvalue weighted by atomic mass is 10.0. The van der Waals surface area contributed by atoms with Crippen molar-refractivity contribution >= 4 is 11.4 Å². The van der Waals surface area contributed by atoms with Crippen LogP contribution in [0.5, 0.6) is 0 Å². The molecule has 0 spiro atoms. The molecule has 3 rings (SSSR count). The smallest absolute Gasteiger partial charge is 0.253 e. The standard InChI is InChI=1S/C14H17N3O2/c1-10(18)12-3-4-16(8-12)14(19)11-2-5-17-9-15-7-13(17)6-11/h2,5-7,9-10,12,18H,3-4,8H2,1H3. The Morgan fingerprint density at radius 2 is 2.42 bits per heavy atom. The van der Waals surface area contributed by atoms with Gasteiger partial charge in [-0.1, -0.05) is 0 Å². The molecule has 0 aromatic carbocycles. The number of pyridine rings is 1. The third-order valence-electron chi connectivity index (χ3n) is 3.86. The maximum Gasteiger partial charge on any atom is 0.253 e. The van der Waals surface area contributed by atoms with E-state index >= 15 is 0 Å². The second-order valence-electron chi connectivity index (χ2n) is 5.18. The zero-order valence-corrected chi connectivity index (χ0v) is 10.9. The lowest BCUT2D eigenvalue weighted by Gasteiger charge is -2.17. The van der Waals surface area contributed by atoms with Crippen molar-refractivity contribution in [3.8, 4) is 0 Å². The van der Waals surface area contributed by atoms with Gasteiger partial charge in [0.15, 0.2) is 0 Å². The third kappa shape index (κ3) is 2.21. The number of fused-ring (bicyclic) bond motifs is 1. The summed E-state index contributed by atoms with van der Waals surface area (Å²) >= 11 is 0. The molecule has 0 bridgehead atoms. The average Bonchev–Trinajstić information content (AvgIpc) is 3.06. The van der Waals surface area contributed by atoms with Gasteiger partial charge in [0, 0.05) is 30.8 Å². The Balaban J connectivity index is 1.80. The molecule has 1 aliphatic heterocycles. The number of aromatic nitrogens is 2. The molecule has 0 radical (unpaired) electrons. The first-order valence-corrected chi connectivity index (χ1v) is 6.54. The van der Waals surface area contributed by atoms with E-state index in [1.807, 2.05) is 27.6 Å². The summed E-state index contributed by atoms with van der Waals surface area (Å²) in [7, 11) is 0. The molecule has 2 aromatic rings. The van der Waals surface area contributed by atoms with Gasteiger partial charge in [0.25, 0.3) is 5.91 Å². The van der Waals surface area contributed by atoms with Gasteiger partial charge in [0.2, 0.25) is 0 Å². The molecule has 3 heterocycles.